The van der Waals surface area contributed by atoms with Crippen molar-refractivity contribution >= 4 is 27.6 Å². The van der Waals surface area contributed by atoms with Gasteiger partial charge in [-0.25, -0.2) is 9.52 Å². The van der Waals surface area contributed by atoms with Crippen LogP contribution in [0.2, 0.25) is 0 Å². The molecule has 16 heavy (non-hydrogen) atoms. The standard InChI is InChI=1S/C8H11N3O4S/c1-10-16(14,15)11-7-3-2-5(9)4-6(7)8(12)13/h2-4,10-11H,9H2,1H3,(H,12,13). The molecular weight excluding hydrogens is 234 g/mol. The Morgan fingerprint density at radius 2 is 2.06 bits per heavy atom. The monoisotopic (exact) mass is 245 g/mol. The third kappa shape index (κ3) is 2.84. The summed E-state index contributed by atoms with van der Waals surface area (Å²) in [5.74, 6) is -1.26. The smallest absolute Gasteiger partial charge is 0.337 e. The first-order chi connectivity index (χ1) is 7.35. The molecule has 0 fully saturated rings. The fourth-order valence-electron chi connectivity index (χ4n) is 1.02. The van der Waals surface area contributed by atoms with Crippen molar-refractivity contribution in [3.63, 3.8) is 0 Å². The number of aromatic carboxylic acids is 1. The number of carboxylic acids is 1. The lowest BCUT2D eigenvalue weighted by Crippen LogP contribution is -2.27. The minimum absolute atomic E-state index is 0.0453. The highest BCUT2D eigenvalue weighted by Gasteiger charge is 2.14. The lowest BCUT2D eigenvalue weighted by Gasteiger charge is -2.09. The maximum atomic E-state index is 11.2. The molecule has 0 radical (unpaired) electrons. The zero-order valence-electron chi connectivity index (χ0n) is 8.39. The van der Waals surface area contributed by atoms with Crippen LogP contribution in [-0.2, 0) is 10.2 Å². The average molecular weight is 245 g/mol. The minimum atomic E-state index is -3.75. The molecule has 5 N–H and O–H groups in total. The first-order valence-electron chi connectivity index (χ1n) is 4.20. The van der Waals surface area contributed by atoms with Gasteiger partial charge in [0, 0.05) is 12.7 Å². The van der Waals surface area contributed by atoms with E-state index in [0.717, 1.165) is 0 Å². The van der Waals surface area contributed by atoms with Crippen LogP contribution < -0.4 is 15.2 Å². The van der Waals surface area contributed by atoms with E-state index in [4.69, 9.17) is 10.8 Å². The van der Waals surface area contributed by atoms with Gasteiger partial charge in [0.05, 0.1) is 11.3 Å². The van der Waals surface area contributed by atoms with E-state index in [1.54, 1.807) is 0 Å². The largest absolute Gasteiger partial charge is 0.478 e. The van der Waals surface area contributed by atoms with Crippen LogP contribution in [-0.4, -0.2) is 26.5 Å². The molecule has 0 heterocycles. The Bertz CT molecular complexity index is 512. The van der Waals surface area contributed by atoms with Crippen molar-refractivity contribution in [2.24, 2.45) is 0 Å². The van der Waals surface area contributed by atoms with Gasteiger partial charge in [0.1, 0.15) is 0 Å². The Balaban J connectivity index is 3.19. The highest BCUT2D eigenvalue weighted by atomic mass is 32.2. The van der Waals surface area contributed by atoms with Crippen LogP contribution >= 0.6 is 0 Å². The van der Waals surface area contributed by atoms with Gasteiger partial charge in [0.25, 0.3) is 10.2 Å². The number of nitrogen functional groups attached to an aromatic ring is 1. The highest BCUT2D eigenvalue weighted by Crippen LogP contribution is 2.19. The summed E-state index contributed by atoms with van der Waals surface area (Å²) in [6, 6.07) is 3.86. The van der Waals surface area contributed by atoms with Gasteiger partial charge in [-0.15, -0.1) is 0 Å². The number of carbonyl (C=O) groups is 1. The van der Waals surface area contributed by atoms with E-state index in [0.29, 0.717) is 0 Å². The lowest BCUT2D eigenvalue weighted by molar-refractivity contribution is 0.0698. The van der Waals surface area contributed by atoms with Crippen LogP contribution in [0.25, 0.3) is 0 Å². The summed E-state index contributed by atoms with van der Waals surface area (Å²) in [5, 5.41) is 8.85. The molecule has 0 unspecified atom stereocenters. The van der Waals surface area contributed by atoms with E-state index in [2.05, 4.69) is 4.72 Å². The molecule has 0 aliphatic carbocycles. The summed E-state index contributed by atoms with van der Waals surface area (Å²) >= 11 is 0. The molecule has 0 aromatic heterocycles. The maximum Gasteiger partial charge on any atom is 0.337 e. The van der Waals surface area contributed by atoms with Crippen LogP contribution in [0.5, 0.6) is 0 Å². The topological polar surface area (TPSA) is 122 Å². The first-order valence-corrected chi connectivity index (χ1v) is 5.68. The summed E-state index contributed by atoms with van der Waals surface area (Å²) in [6.07, 6.45) is 0. The zero-order valence-corrected chi connectivity index (χ0v) is 9.21. The van der Waals surface area contributed by atoms with E-state index in [1.165, 1.54) is 25.2 Å². The maximum absolute atomic E-state index is 11.2. The molecule has 8 heteroatoms. The molecule has 0 saturated heterocycles. The Morgan fingerprint density at radius 1 is 1.44 bits per heavy atom. The lowest BCUT2D eigenvalue weighted by atomic mass is 10.1. The van der Waals surface area contributed by atoms with Gasteiger partial charge in [-0.05, 0) is 18.2 Å². The Morgan fingerprint density at radius 3 is 2.56 bits per heavy atom. The van der Waals surface area contributed by atoms with Crippen molar-refractivity contribution in [3.05, 3.63) is 23.8 Å². The van der Waals surface area contributed by atoms with Crippen LogP contribution in [0.4, 0.5) is 11.4 Å². The second-order valence-corrected chi connectivity index (χ2v) is 4.54. The van der Waals surface area contributed by atoms with Crippen molar-refractivity contribution in [2.75, 3.05) is 17.5 Å². The van der Waals surface area contributed by atoms with Gasteiger partial charge < -0.3 is 10.8 Å². The number of hydrogen-bond donors (Lipinski definition) is 4. The van der Waals surface area contributed by atoms with E-state index >= 15 is 0 Å². The van der Waals surface area contributed by atoms with E-state index in [9.17, 15) is 13.2 Å². The van der Waals surface area contributed by atoms with E-state index in [-0.39, 0.29) is 16.9 Å². The molecule has 1 aromatic rings. The summed E-state index contributed by atoms with van der Waals surface area (Å²) < 4.78 is 26.4. The molecule has 0 bridgehead atoms. The van der Waals surface area contributed by atoms with Gasteiger partial charge >= 0.3 is 5.97 Å². The normalized spacial score (nSPS) is 11.1. The third-order valence-electron chi connectivity index (χ3n) is 1.79. The Hall–Kier alpha value is -1.80. The second kappa shape index (κ2) is 4.37. The van der Waals surface area contributed by atoms with Crippen molar-refractivity contribution in [1.82, 2.24) is 4.72 Å². The predicted octanol–water partition coefficient (Wildman–Crippen LogP) is -0.157. The minimum Gasteiger partial charge on any atom is -0.478 e. The van der Waals surface area contributed by atoms with Gasteiger partial charge in [-0.1, -0.05) is 0 Å². The van der Waals surface area contributed by atoms with E-state index < -0.39 is 16.2 Å². The quantitative estimate of drug-likeness (QED) is 0.549. The number of rotatable bonds is 4. The Kier molecular flexibility index (Phi) is 3.35. The number of hydrogen-bond acceptors (Lipinski definition) is 4. The van der Waals surface area contributed by atoms with Crippen LogP contribution in [0.1, 0.15) is 10.4 Å². The average Bonchev–Trinajstić information content (AvgIpc) is 2.20. The number of carboxylic acid groups (broad SMARTS) is 1. The summed E-state index contributed by atoms with van der Waals surface area (Å²) in [7, 11) is -2.54. The van der Waals surface area contributed by atoms with Crippen molar-refractivity contribution in [2.45, 2.75) is 0 Å². The molecule has 0 atom stereocenters. The third-order valence-corrected chi connectivity index (χ3v) is 2.81. The molecular formula is C8H11N3O4S. The van der Waals surface area contributed by atoms with Crippen LogP contribution in [0, 0.1) is 0 Å². The summed E-state index contributed by atoms with van der Waals surface area (Å²) in [6.45, 7) is 0. The van der Waals surface area contributed by atoms with Gasteiger partial charge in [-0.2, -0.15) is 8.42 Å². The molecule has 0 aliphatic rings. The fourth-order valence-corrected chi connectivity index (χ4v) is 1.59. The van der Waals surface area contributed by atoms with Gasteiger partial charge in [0.15, 0.2) is 0 Å². The molecule has 7 nitrogen and oxygen atoms in total. The van der Waals surface area contributed by atoms with Crippen LogP contribution in [0.15, 0.2) is 18.2 Å². The van der Waals surface area contributed by atoms with Crippen molar-refractivity contribution < 1.29 is 18.3 Å². The highest BCUT2D eigenvalue weighted by molar-refractivity contribution is 7.90. The fraction of sp³-hybridized carbons (Fsp3) is 0.125. The number of anilines is 2. The molecule has 1 rings (SSSR count). The first kappa shape index (κ1) is 12.3. The number of benzene rings is 1. The molecule has 1 aromatic carbocycles. The SMILES string of the molecule is CNS(=O)(=O)Nc1ccc(N)cc1C(=O)O. The van der Waals surface area contributed by atoms with Gasteiger partial charge in [-0.3, -0.25) is 4.72 Å². The van der Waals surface area contributed by atoms with Crippen molar-refractivity contribution in [1.29, 1.82) is 0 Å². The second-order valence-electron chi connectivity index (χ2n) is 2.92. The number of nitrogens with two attached hydrogens (primary N) is 1. The molecule has 0 amide bonds. The molecule has 88 valence electrons. The van der Waals surface area contributed by atoms with Crippen molar-refractivity contribution in [3.8, 4) is 0 Å². The summed E-state index contributed by atoms with van der Waals surface area (Å²) in [5.41, 5.74) is 5.39. The number of nitrogens with one attached hydrogen (secondary N) is 2. The Labute approximate surface area is 92.5 Å². The molecule has 0 spiro atoms. The molecule has 0 aliphatic heterocycles. The molecule has 0 saturated carbocycles. The predicted molar refractivity (Wildman–Crippen MR) is 59.4 cm³/mol. The van der Waals surface area contributed by atoms with Crippen LogP contribution in [0.3, 0.4) is 0 Å². The van der Waals surface area contributed by atoms with E-state index in [1.807, 2.05) is 4.72 Å². The van der Waals surface area contributed by atoms with Gasteiger partial charge in [0.2, 0.25) is 0 Å². The summed E-state index contributed by atoms with van der Waals surface area (Å²) in [4.78, 5) is 10.8. The zero-order chi connectivity index (χ0) is 12.3.